The van der Waals surface area contributed by atoms with E-state index in [9.17, 15) is 10.1 Å². The van der Waals surface area contributed by atoms with Crippen molar-refractivity contribution in [2.24, 2.45) is 0 Å². The van der Waals surface area contributed by atoms with Gasteiger partial charge in [0.15, 0.2) is 0 Å². The number of rotatable bonds is 4. The number of carbonyl (C=O) groups excluding carboxylic acids is 1. The summed E-state index contributed by atoms with van der Waals surface area (Å²) in [5, 5.41) is 13.0. The molecule has 0 fully saturated rings. The van der Waals surface area contributed by atoms with E-state index in [1.165, 1.54) is 5.56 Å². The number of hydrogen-bond acceptors (Lipinski definition) is 4. The molecular formula is C25H28ClN3O2. The summed E-state index contributed by atoms with van der Waals surface area (Å²) in [5.41, 5.74) is 4.45. The fourth-order valence-electron chi connectivity index (χ4n) is 4.12. The van der Waals surface area contributed by atoms with Crippen LogP contribution in [0.5, 0.6) is 5.75 Å². The van der Waals surface area contributed by atoms with Crippen molar-refractivity contribution in [1.29, 1.82) is 5.26 Å². The van der Waals surface area contributed by atoms with E-state index in [-0.39, 0.29) is 11.1 Å². The second-order valence-electron chi connectivity index (χ2n) is 8.71. The molecule has 0 saturated heterocycles. The summed E-state index contributed by atoms with van der Waals surface area (Å²) < 4.78 is 5.61. The number of nitriles is 1. The molecule has 5 nitrogen and oxygen atoms in total. The lowest BCUT2D eigenvalue weighted by molar-refractivity contribution is -0.112. The molecule has 162 valence electrons. The van der Waals surface area contributed by atoms with Gasteiger partial charge in [-0.05, 0) is 68.5 Å². The molecule has 0 radical (unpaired) electrons. The number of nitrogens with zero attached hydrogens (tertiary/aromatic N) is 2. The monoisotopic (exact) mass is 437 g/mol. The van der Waals surface area contributed by atoms with Crippen LogP contribution in [-0.2, 0) is 4.79 Å². The molecule has 2 aromatic rings. The Morgan fingerprint density at radius 3 is 2.71 bits per heavy atom. The number of carbonyl (C=O) groups is 1. The highest BCUT2D eigenvalue weighted by molar-refractivity contribution is 6.31. The maximum Gasteiger partial charge on any atom is 0.266 e. The van der Waals surface area contributed by atoms with Gasteiger partial charge in [0.25, 0.3) is 5.91 Å². The fraction of sp³-hybridized carbons (Fsp3) is 0.360. The number of hydrogen-bond donors (Lipinski definition) is 1. The molecule has 1 atom stereocenters. The zero-order valence-electron chi connectivity index (χ0n) is 18.8. The van der Waals surface area contributed by atoms with Crippen molar-refractivity contribution in [3.8, 4) is 11.8 Å². The molecule has 0 spiro atoms. The molecule has 1 unspecified atom stereocenters. The molecule has 0 aromatic heterocycles. The first-order chi connectivity index (χ1) is 14.6. The summed E-state index contributed by atoms with van der Waals surface area (Å²) >= 11 is 6.04. The molecule has 1 aliphatic rings. The van der Waals surface area contributed by atoms with Gasteiger partial charge in [-0.3, -0.25) is 4.79 Å². The van der Waals surface area contributed by atoms with E-state index >= 15 is 0 Å². The summed E-state index contributed by atoms with van der Waals surface area (Å²) in [7, 11) is 3.68. The highest BCUT2D eigenvalue weighted by atomic mass is 35.5. The molecule has 1 amide bonds. The second kappa shape index (κ2) is 8.64. The minimum Gasteiger partial charge on any atom is -0.496 e. The molecule has 2 aromatic carbocycles. The maximum atomic E-state index is 12.8. The average molecular weight is 438 g/mol. The van der Waals surface area contributed by atoms with Crippen molar-refractivity contribution in [2.45, 2.75) is 45.6 Å². The Labute approximate surface area is 189 Å². The van der Waals surface area contributed by atoms with Gasteiger partial charge in [0, 0.05) is 40.6 Å². The van der Waals surface area contributed by atoms with Gasteiger partial charge in [0.05, 0.1) is 7.11 Å². The summed E-state index contributed by atoms with van der Waals surface area (Å²) in [4.78, 5) is 15.1. The van der Waals surface area contributed by atoms with Crippen LogP contribution in [0.1, 0.15) is 49.8 Å². The van der Waals surface area contributed by atoms with Gasteiger partial charge in [-0.2, -0.15) is 5.26 Å². The number of methoxy groups -OCH3 is 1. The number of benzene rings is 2. The van der Waals surface area contributed by atoms with Gasteiger partial charge in [-0.1, -0.05) is 24.6 Å². The lowest BCUT2D eigenvalue weighted by Crippen LogP contribution is -2.45. The molecule has 31 heavy (non-hydrogen) atoms. The first-order valence-electron chi connectivity index (χ1n) is 10.2. The normalized spacial score (nSPS) is 17.5. The third-order valence-corrected chi connectivity index (χ3v) is 6.33. The largest absolute Gasteiger partial charge is 0.496 e. The summed E-state index contributed by atoms with van der Waals surface area (Å²) in [6.07, 6.45) is 2.59. The number of anilines is 2. The number of amides is 1. The van der Waals surface area contributed by atoms with Gasteiger partial charge >= 0.3 is 0 Å². The first kappa shape index (κ1) is 22.7. The number of halogens is 1. The molecular weight excluding hydrogens is 410 g/mol. The maximum absolute atomic E-state index is 12.8. The molecule has 0 aliphatic carbocycles. The topological polar surface area (TPSA) is 65.4 Å². The highest BCUT2D eigenvalue weighted by Crippen LogP contribution is 2.45. The number of aryl methyl sites for hydroxylation is 1. The fourth-order valence-corrected chi connectivity index (χ4v) is 4.30. The molecule has 1 heterocycles. The van der Waals surface area contributed by atoms with E-state index in [1.54, 1.807) is 25.3 Å². The van der Waals surface area contributed by atoms with Crippen molar-refractivity contribution in [3.63, 3.8) is 0 Å². The van der Waals surface area contributed by atoms with Gasteiger partial charge in [0.2, 0.25) is 0 Å². The van der Waals surface area contributed by atoms with E-state index in [4.69, 9.17) is 16.3 Å². The van der Waals surface area contributed by atoms with E-state index in [2.05, 4.69) is 38.0 Å². The van der Waals surface area contributed by atoms with Crippen LogP contribution in [0.2, 0.25) is 5.02 Å². The van der Waals surface area contributed by atoms with Gasteiger partial charge in [-0.15, -0.1) is 0 Å². The number of ether oxygens (including phenoxy) is 1. The summed E-state index contributed by atoms with van der Waals surface area (Å²) in [6.45, 7) is 8.52. The van der Waals surface area contributed by atoms with E-state index in [0.717, 1.165) is 17.7 Å². The van der Waals surface area contributed by atoms with Crippen molar-refractivity contribution in [1.82, 2.24) is 0 Å². The molecule has 1 aliphatic heterocycles. The van der Waals surface area contributed by atoms with Crippen molar-refractivity contribution < 1.29 is 9.53 Å². The van der Waals surface area contributed by atoms with Crippen molar-refractivity contribution in [2.75, 3.05) is 24.4 Å². The van der Waals surface area contributed by atoms with E-state index in [1.807, 2.05) is 31.2 Å². The predicted molar refractivity (Wildman–Crippen MR) is 127 cm³/mol. The van der Waals surface area contributed by atoms with E-state index < -0.39 is 5.91 Å². The summed E-state index contributed by atoms with van der Waals surface area (Å²) in [6, 6.07) is 11.3. The molecule has 0 bridgehead atoms. The van der Waals surface area contributed by atoms with Crippen LogP contribution in [0.25, 0.3) is 6.08 Å². The molecule has 1 N–H and O–H groups in total. The van der Waals surface area contributed by atoms with Crippen molar-refractivity contribution >= 4 is 35.0 Å². The predicted octanol–water partition coefficient (Wildman–Crippen LogP) is 5.92. The smallest absolute Gasteiger partial charge is 0.266 e. The molecule has 3 rings (SSSR count). The van der Waals surface area contributed by atoms with Crippen LogP contribution < -0.4 is 15.0 Å². The first-order valence-corrected chi connectivity index (χ1v) is 10.6. The highest BCUT2D eigenvalue weighted by Gasteiger charge is 2.34. The Kier molecular flexibility index (Phi) is 6.33. The number of nitrogens with one attached hydrogen (secondary N) is 1. The molecule has 6 heteroatoms. The van der Waals surface area contributed by atoms with Crippen molar-refractivity contribution in [3.05, 3.63) is 57.6 Å². The van der Waals surface area contributed by atoms with Crippen LogP contribution in [0.4, 0.5) is 11.4 Å². The minimum atomic E-state index is -0.487. The Morgan fingerprint density at radius 2 is 2.06 bits per heavy atom. The Hall–Kier alpha value is -2.97. The van der Waals surface area contributed by atoms with Gasteiger partial charge < -0.3 is 15.0 Å². The average Bonchev–Trinajstić information content (AvgIpc) is 2.72. The lowest BCUT2D eigenvalue weighted by Gasteiger charge is -2.45. The van der Waals surface area contributed by atoms with Crippen LogP contribution in [0, 0.1) is 18.3 Å². The quantitative estimate of drug-likeness (QED) is 0.476. The molecule has 0 saturated carbocycles. The van der Waals surface area contributed by atoms with Gasteiger partial charge in [-0.25, -0.2) is 0 Å². The minimum absolute atomic E-state index is 0.00484. The van der Waals surface area contributed by atoms with Gasteiger partial charge in [0.1, 0.15) is 17.4 Å². The number of fused-ring (bicyclic) bond motifs is 1. The zero-order valence-corrected chi connectivity index (χ0v) is 19.6. The third-order valence-electron chi connectivity index (χ3n) is 6.10. The van der Waals surface area contributed by atoms with E-state index in [0.29, 0.717) is 27.9 Å². The van der Waals surface area contributed by atoms with Crippen LogP contribution in [0.3, 0.4) is 0 Å². The lowest BCUT2D eigenvalue weighted by atomic mass is 9.80. The zero-order chi connectivity index (χ0) is 22.9. The Balaban J connectivity index is 2.01. The Bertz CT molecular complexity index is 1100. The Morgan fingerprint density at radius 1 is 1.35 bits per heavy atom. The van der Waals surface area contributed by atoms with Crippen LogP contribution in [-0.4, -0.2) is 25.6 Å². The summed E-state index contributed by atoms with van der Waals surface area (Å²) in [5.74, 6) is 0.474. The second-order valence-corrected chi connectivity index (χ2v) is 9.15. The van der Waals surface area contributed by atoms with Crippen LogP contribution >= 0.6 is 11.6 Å². The third kappa shape index (κ3) is 4.55. The van der Waals surface area contributed by atoms with Crippen LogP contribution in [0.15, 0.2) is 35.9 Å². The SMILES string of the molecule is COc1cc2c(cc1/C=C(\C#N)C(=O)Nc1cc(Cl)ccc1C)C(C)CC(C)(C)N2C. The standard InChI is InChI=1S/C25H28ClN3O2/c1-15-7-8-19(26)11-21(15)28-24(30)18(14-27)9-17-10-20-16(2)13-25(3,4)29(5)22(20)12-23(17)31-6/h7-12,16H,13H2,1-6H3,(H,28,30)/b18-9+.